The highest BCUT2D eigenvalue weighted by molar-refractivity contribution is 7.89. The Morgan fingerprint density at radius 3 is 2.70 bits per heavy atom. The molecule has 2 bridgehead atoms. The van der Waals surface area contributed by atoms with Crippen molar-refractivity contribution in [3.8, 4) is 0 Å². The summed E-state index contributed by atoms with van der Waals surface area (Å²) in [5, 5.41) is 0. The number of carbonyl (C=O) groups excluding carboxylic acids is 1. The van der Waals surface area contributed by atoms with Gasteiger partial charge in [0, 0.05) is 19.5 Å². The normalized spacial score (nSPS) is 28.4. The number of hydrogen-bond donors (Lipinski definition) is 0. The van der Waals surface area contributed by atoms with Gasteiger partial charge in [-0.1, -0.05) is 18.6 Å². The smallest absolute Gasteiger partial charge is 0.306 e. The molecule has 0 aromatic heterocycles. The number of nitrogens with zero attached hydrogens (tertiary/aromatic N) is 1. The van der Waals surface area contributed by atoms with E-state index < -0.39 is 10.0 Å². The molecule has 148 valence electrons. The number of morpholine rings is 1. The van der Waals surface area contributed by atoms with Crippen molar-refractivity contribution in [3.05, 3.63) is 29.8 Å². The predicted molar refractivity (Wildman–Crippen MR) is 99.4 cm³/mol. The molecular weight excluding hydrogens is 366 g/mol. The second kappa shape index (κ2) is 7.89. The van der Waals surface area contributed by atoms with E-state index in [2.05, 4.69) is 0 Å². The summed E-state index contributed by atoms with van der Waals surface area (Å²) < 4.78 is 37.6. The highest BCUT2D eigenvalue weighted by atomic mass is 32.2. The number of esters is 1. The molecule has 1 saturated heterocycles. The van der Waals surface area contributed by atoms with Gasteiger partial charge in [-0.05, 0) is 54.7 Å². The monoisotopic (exact) mass is 393 g/mol. The average molecular weight is 394 g/mol. The van der Waals surface area contributed by atoms with Crippen LogP contribution in [0.25, 0.3) is 0 Å². The predicted octanol–water partition coefficient (Wildman–Crippen LogP) is 2.58. The molecule has 3 fully saturated rings. The van der Waals surface area contributed by atoms with E-state index in [4.69, 9.17) is 9.47 Å². The van der Waals surface area contributed by atoms with E-state index in [9.17, 15) is 13.2 Å². The summed E-state index contributed by atoms with van der Waals surface area (Å²) in [7, 11) is -3.53. The molecule has 1 aromatic rings. The molecule has 1 aromatic carbocycles. The number of carbonyl (C=O) groups is 1. The van der Waals surface area contributed by atoms with E-state index >= 15 is 0 Å². The maximum Gasteiger partial charge on any atom is 0.306 e. The van der Waals surface area contributed by atoms with Crippen LogP contribution in [0.1, 0.15) is 37.7 Å². The summed E-state index contributed by atoms with van der Waals surface area (Å²) in [4.78, 5) is 12.5. The van der Waals surface area contributed by atoms with Crippen molar-refractivity contribution in [2.24, 2.45) is 17.8 Å². The standard InChI is InChI=1S/C20H27NO5S/c22-20(13-18-11-15-4-5-17(18)10-15)26-14-16-2-1-3-19(12-16)27(23,24)21-6-8-25-9-7-21/h1-3,12,15,17-18H,4-11,13-14H2/t15-,17+,18+/m0/s1. The summed E-state index contributed by atoms with van der Waals surface area (Å²) in [6.45, 7) is 1.68. The van der Waals surface area contributed by atoms with Gasteiger partial charge < -0.3 is 9.47 Å². The van der Waals surface area contributed by atoms with Crippen LogP contribution in [0.2, 0.25) is 0 Å². The van der Waals surface area contributed by atoms with E-state index in [0.717, 1.165) is 12.3 Å². The first kappa shape index (κ1) is 18.9. The van der Waals surface area contributed by atoms with Gasteiger partial charge in [0.1, 0.15) is 6.61 Å². The Bertz CT molecular complexity index is 787. The molecule has 0 spiro atoms. The minimum atomic E-state index is -3.53. The second-order valence-corrected chi connectivity index (χ2v) is 9.90. The summed E-state index contributed by atoms with van der Waals surface area (Å²) in [6, 6.07) is 6.69. The first-order valence-corrected chi connectivity index (χ1v) is 11.3. The topological polar surface area (TPSA) is 72.9 Å². The van der Waals surface area contributed by atoms with Crippen molar-refractivity contribution in [1.82, 2.24) is 4.31 Å². The SMILES string of the molecule is O=C(C[C@H]1C[C@H]2CC[C@@H]1C2)OCc1cccc(S(=O)(=O)N2CCOCC2)c1. The van der Waals surface area contributed by atoms with Crippen molar-refractivity contribution >= 4 is 16.0 Å². The van der Waals surface area contributed by atoms with E-state index in [1.54, 1.807) is 24.3 Å². The highest BCUT2D eigenvalue weighted by Crippen LogP contribution is 2.49. The Labute approximate surface area is 160 Å². The van der Waals surface area contributed by atoms with E-state index in [1.165, 1.54) is 23.6 Å². The maximum absolute atomic E-state index is 12.7. The van der Waals surface area contributed by atoms with Crippen LogP contribution in [0.15, 0.2) is 29.2 Å². The van der Waals surface area contributed by atoms with Crippen LogP contribution in [-0.4, -0.2) is 45.0 Å². The Hall–Kier alpha value is -1.44. The lowest BCUT2D eigenvalue weighted by Gasteiger charge is -2.26. The number of hydrogen-bond acceptors (Lipinski definition) is 5. The molecule has 7 heteroatoms. The quantitative estimate of drug-likeness (QED) is 0.695. The molecule has 2 saturated carbocycles. The Kier molecular flexibility index (Phi) is 5.53. The second-order valence-electron chi connectivity index (χ2n) is 7.96. The third kappa shape index (κ3) is 4.20. The van der Waals surface area contributed by atoms with E-state index in [0.29, 0.717) is 50.1 Å². The van der Waals surface area contributed by atoms with Gasteiger partial charge in [0.15, 0.2) is 0 Å². The number of sulfonamides is 1. The van der Waals surface area contributed by atoms with Gasteiger partial charge in [0.2, 0.25) is 10.0 Å². The van der Waals surface area contributed by atoms with E-state index in [1.807, 2.05) is 0 Å². The van der Waals surface area contributed by atoms with Crippen LogP contribution < -0.4 is 0 Å². The number of rotatable bonds is 6. The molecular formula is C20H27NO5S. The third-order valence-corrected chi connectivity index (χ3v) is 8.11. The Balaban J connectivity index is 1.34. The molecule has 0 radical (unpaired) electrons. The molecule has 1 heterocycles. The molecule has 0 N–H and O–H groups in total. The third-order valence-electron chi connectivity index (χ3n) is 6.22. The van der Waals surface area contributed by atoms with Gasteiger partial charge in [-0.15, -0.1) is 0 Å². The average Bonchev–Trinajstić information content (AvgIpc) is 3.30. The van der Waals surface area contributed by atoms with Crippen molar-refractivity contribution < 1.29 is 22.7 Å². The van der Waals surface area contributed by atoms with Gasteiger partial charge in [0.05, 0.1) is 18.1 Å². The lowest BCUT2D eigenvalue weighted by Crippen LogP contribution is -2.40. The molecule has 0 amide bonds. The largest absolute Gasteiger partial charge is 0.461 e. The summed E-state index contributed by atoms with van der Waals surface area (Å²) in [5.74, 6) is 1.82. The summed E-state index contributed by atoms with van der Waals surface area (Å²) in [5.41, 5.74) is 0.700. The first-order valence-electron chi connectivity index (χ1n) is 9.85. The van der Waals surface area contributed by atoms with Crippen LogP contribution >= 0.6 is 0 Å². The Morgan fingerprint density at radius 2 is 2.00 bits per heavy atom. The molecule has 27 heavy (non-hydrogen) atoms. The molecule has 2 aliphatic carbocycles. The Morgan fingerprint density at radius 1 is 1.19 bits per heavy atom. The summed E-state index contributed by atoms with van der Waals surface area (Å²) >= 11 is 0. The van der Waals surface area contributed by atoms with Crippen LogP contribution in [0.3, 0.4) is 0 Å². The fourth-order valence-electron chi connectivity index (χ4n) is 4.80. The van der Waals surface area contributed by atoms with Gasteiger partial charge in [-0.2, -0.15) is 4.31 Å². The molecule has 4 rings (SSSR count). The fraction of sp³-hybridized carbons (Fsp3) is 0.650. The van der Waals surface area contributed by atoms with Crippen LogP contribution in [-0.2, 0) is 30.9 Å². The van der Waals surface area contributed by atoms with E-state index in [-0.39, 0.29) is 17.5 Å². The zero-order valence-corrected chi connectivity index (χ0v) is 16.3. The highest BCUT2D eigenvalue weighted by Gasteiger charge is 2.40. The van der Waals surface area contributed by atoms with Crippen LogP contribution in [0, 0.1) is 17.8 Å². The molecule has 6 nitrogen and oxygen atoms in total. The van der Waals surface area contributed by atoms with Crippen LogP contribution in [0.4, 0.5) is 0 Å². The molecule has 3 aliphatic rings. The summed E-state index contributed by atoms with van der Waals surface area (Å²) in [6.07, 6.45) is 5.50. The zero-order chi connectivity index (χ0) is 18.9. The van der Waals surface area contributed by atoms with Crippen molar-refractivity contribution in [2.75, 3.05) is 26.3 Å². The minimum absolute atomic E-state index is 0.117. The number of ether oxygens (including phenoxy) is 2. The van der Waals surface area contributed by atoms with Crippen LogP contribution in [0.5, 0.6) is 0 Å². The zero-order valence-electron chi connectivity index (χ0n) is 15.5. The van der Waals surface area contributed by atoms with Gasteiger partial charge in [-0.25, -0.2) is 8.42 Å². The number of fused-ring (bicyclic) bond motifs is 2. The molecule has 3 atom stereocenters. The van der Waals surface area contributed by atoms with Gasteiger partial charge in [0.25, 0.3) is 0 Å². The minimum Gasteiger partial charge on any atom is -0.461 e. The maximum atomic E-state index is 12.7. The van der Waals surface area contributed by atoms with Gasteiger partial charge in [-0.3, -0.25) is 4.79 Å². The van der Waals surface area contributed by atoms with Crippen molar-refractivity contribution in [1.29, 1.82) is 0 Å². The van der Waals surface area contributed by atoms with Crippen molar-refractivity contribution in [2.45, 2.75) is 43.6 Å². The fourth-order valence-corrected chi connectivity index (χ4v) is 6.27. The lowest BCUT2D eigenvalue weighted by atomic mass is 9.86. The van der Waals surface area contributed by atoms with Crippen molar-refractivity contribution in [3.63, 3.8) is 0 Å². The number of benzene rings is 1. The molecule has 1 aliphatic heterocycles. The van der Waals surface area contributed by atoms with Gasteiger partial charge >= 0.3 is 5.97 Å². The first-order chi connectivity index (χ1) is 13.0. The lowest BCUT2D eigenvalue weighted by molar-refractivity contribution is -0.146. The molecule has 0 unspecified atom stereocenters.